The highest BCUT2D eigenvalue weighted by Gasteiger charge is 2.16. The largest absolute Gasteiger partial charge is 0.425 e. The monoisotopic (exact) mass is 758 g/mol. The number of nitrogens with one attached hydrogen (secondary N) is 2. The summed E-state index contributed by atoms with van der Waals surface area (Å²) in [4.78, 5) is 55.3. The van der Waals surface area contributed by atoms with Crippen molar-refractivity contribution in [1.82, 2.24) is 9.97 Å². The van der Waals surface area contributed by atoms with Crippen molar-refractivity contribution in [3.05, 3.63) is 145 Å². The molecule has 0 spiro atoms. The maximum Gasteiger partial charge on any atom is 0.373 e. The van der Waals surface area contributed by atoms with Gasteiger partial charge in [0.25, 0.3) is 11.8 Å². The molecule has 270 valence electrons. The standard InChI is InChI=1S/C40H32N4O8P2/c1-53(47,48)51-31-21-17-27(18-22-31)25-9-13-29(14-10-25)39(45)42-35-7-3-5-33-37(35)44-38-34(41-33)6-4-8-36(38)43-40(46)30-15-11-26(12-16-30)28-19-23-32(24-20-28)52-54(2,49)50/h3-24H,1-2H3,(H,42,45)(H,43,46)(H,47,48)(H,49,50). The molecule has 0 aliphatic rings. The van der Waals surface area contributed by atoms with E-state index in [1.54, 1.807) is 133 Å². The molecule has 0 saturated carbocycles. The minimum atomic E-state index is -3.67. The molecule has 1 heterocycles. The minimum absolute atomic E-state index is 0.280. The van der Waals surface area contributed by atoms with Crippen molar-refractivity contribution in [2.75, 3.05) is 24.0 Å². The van der Waals surface area contributed by atoms with Gasteiger partial charge in [-0.25, -0.2) is 19.1 Å². The molecule has 7 aromatic rings. The van der Waals surface area contributed by atoms with Gasteiger partial charge in [0, 0.05) is 24.5 Å². The summed E-state index contributed by atoms with van der Waals surface area (Å²) in [7, 11) is -7.33. The van der Waals surface area contributed by atoms with Crippen LogP contribution in [0.3, 0.4) is 0 Å². The molecule has 0 aliphatic heterocycles. The molecule has 0 bridgehead atoms. The van der Waals surface area contributed by atoms with Crippen LogP contribution in [0.4, 0.5) is 11.4 Å². The van der Waals surface area contributed by atoms with Crippen LogP contribution in [0.15, 0.2) is 133 Å². The lowest BCUT2D eigenvalue weighted by atomic mass is 10.0. The van der Waals surface area contributed by atoms with E-state index in [1.165, 1.54) is 0 Å². The van der Waals surface area contributed by atoms with E-state index in [0.717, 1.165) is 35.6 Å². The first-order valence-corrected chi connectivity index (χ1v) is 20.6. The number of rotatable bonds is 10. The predicted octanol–water partition coefficient (Wildman–Crippen LogP) is 9.01. The van der Waals surface area contributed by atoms with Crippen molar-refractivity contribution >= 4 is 60.4 Å². The lowest BCUT2D eigenvalue weighted by Crippen LogP contribution is -2.13. The van der Waals surface area contributed by atoms with Crippen LogP contribution in [0.25, 0.3) is 44.3 Å². The number of aromatic nitrogens is 2. The van der Waals surface area contributed by atoms with E-state index in [9.17, 15) is 28.5 Å². The van der Waals surface area contributed by atoms with Gasteiger partial charge < -0.3 is 29.5 Å². The SMILES string of the molecule is CP(=O)(O)Oc1ccc(-c2ccc(C(=O)Nc3cccc4nc5cccc(NC(=O)c6ccc(-c7ccc(OP(C)(=O)O)cc7)cc6)c5nc34)cc2)cc1. The lowest BCUT2D eigenvalue weighted by molar-refractivity contribution is 0.101. The van der Waals surface area contributed by atoms with E-state index >= 15 is 0 Å². The van der Waals surface area contributed by atoms with E-state index in [2.05, 4.69) is 10.6 Å². The Kier molecular flexibility index (Phi) is 9.85. The van der Waals surface area contributed by atoms with E-state index in [-0.39, 0.29) is 23.3 Å². The van der Waals surface area contributed by atoms with Crippen LogP contribution in [0.2, 0.25) is 0 Å². The molecule has 54 heavy (non-hydrogen) atoms. The number of anilines is 2. The summed E-state index contributed by atoms with van der Waals surface area (Å²) < 4.78 is 33.2. The molecule has 0 fully saturated rings. The second-order valence-electron chi connectivity index (χ2n) is 12.5. The fourth-order valence-corrected chi connectivity index (χ4v) is 6.77. The smallest absolute Gasteiger partial charge is 0.373 e. The lowest BCUT2D eigenvalue weighted by Gasteiger charge is -2.12. The molecule has 6 aromatic carbocycles. The molecule has 0 aliphatic carbocycles. The number of carbonyl (C=O) groups excluding carboxylic acids is 2. The minimum Gasteiger partial charge on any atom is -0.425 e. The molecular formula is C40H32N4O8P2. The van der Waals surface area contributed by atoms with E-state index in [1.807, 2.05) is 0 Å². The van der Waals surface area contributed by atoms with Gasteiger partial charge in [0.1, 0.15) is 22.5 Å². The van der Waals surface area contributed by atoms with Crippen LogP contribution in [0, 0.1) is 0 Å². The van der Waals surface area contributed by atoms with Crippen LogP contribution < -0.4 is 19.7 Å². The molecule has 2 amide bonds. The number of benzene rings is 6. The summed E-state index contributed by atoms with van der Waals surface area (Å²) in [6, 6.07) is 38.1. The number of para-hydroxylation sites is 2. The first kappa shape index (κ1) is 36.2. The molecule has 2 unspecified atom stereocenters. The third kappa shape index (κ3) is 8.55. The number of nitrogens with zero attached hydrogens (tertiary/aromatic N) is 2. The van der Waals surface area contributed by atoms with Gasteiger partial charge in [-0.1, -0.05) is 60.7 Å². The summed E-state index contributed by atoms with van der Waals surface area (Å²) in [5.74, 6) is -0.148. The fraction of sp³-hybridized carbons (Fsp3) is 0.0500. The Bertz CT molecular complexity index is 2440. The van der Waals surface area contributed by atoms with Gasteiger partial charge in [0.2, 0.25) is 0 Å². The van der Waals surface area contributed by atoms with E-state index in [4.69, 9.17) is 19.0 Å². The fourth-order valence-electron chi connectivity index (χ4n) is 5.75. The van der Waals surface area contributed by atoms with Crippen LogP contribution in [-0.2, 0) is 9.13 Å². The molecule has 0 saturated heterocycles. The molecular weight excluding hydrogens is 726 g/mol. The Labute approximate surface area is 309 Å². The van der Waals surface area contributed by atoms with Crippen molar-refractivity contribution in [1.29, 1.82) is 0 Å². The quantitative estimate of drug-likeness (QED) is 0.0778. The number of fused-ring (bicyclic) bond motifs is 2. The van der Waals surface area contributed by atoms with E-state index < -0.39 is 15.2 Å². The maximum absolute atomic E-state index is 13.4. The van der Waals surface area contributed by atoms with Gasteiger partial charge in [-0.3, -0.25) is 9.59 Å². The Balaban J connectivity index is 1.07. The highest BCUT2D eigenvalue weighted by Crippen LogP contribution is 2.39. The zero-order chi connectivity index (χ0) is 38.0. The van der Waals surface area contributed by atoms with Crippen molar-refractivity contribution in [2.24, 2.45) is 0 Å². The van der Waals surface area contributed by atoms with Gasteiger partial charge in [-0.15, -0.1) is 0 Å². The summed E-state index contributed by atoms with van der Waals surface area (Å²) in [5.41, 5.74) is 7.07. The second kappa shape index (κ2) is 14.7. The Morgan fingerprint density at radius 2 is 0.833 bits per heavy atom. The molecule has 0 radical (unpaired) electrons. The van der Waals surface area contributed by atoms with Crippen molar-refractivity contribution in [3.8, 4) is 33.8 Å². The summed E-state index contributed by atoms with van der Waals surface area (Å²) >= 11 is 0. The van der Waals surface area contributed by atoms with Gasteiger partial charge in [0.15, 0.2) is 0 Å². The van der Waals surface area contributed by atoms with Crippen LogP contribution in [0.1, 0.15) is 20.7 Å². The predicted molar refractivity (Wildman–Crippen MR) is 209 cm³/mol. The topological polar surface area (TPSA) is 177 Å². The Hall–Kier alpha value is -6.16. The summed E-state index contributed by atoms with van der Waals surface area (Å²) in [6.45, 7) is 2.24. The van der Waals surface area contributed by atoms with Crippen molar-refractivity contribution < 1.29 is 37.6 Å². The number of amides is 2. The zero-order valence-corrected chi connectivity index (χ0v) is 30.6. The van der Waals surface area contributed by atoms with Crippen LogP contribution in [0.5, 0.6) is 11.5 Å². The molecule has 4 N–H and O–H groups in total. The molecule has 12 nitrogen and oxygen atoms in total. The normalized spacial score (nSPS) is 13.4. The second-order valence-corrected chi connectivity index (χ2v) is 16.0. The van der Waals surface area contributed by atoms with E-state index in [0.29, 0.717) is 44.6 Å². The highest BCUT2D eigenvalue weighted by molar-refractivity contribution is 7.52. The van der Waals surface area contributed by atoms with Crippen molar-refractivity contribution in [2.45, 2.75) is 0 Å². The zero-order valence-electron chi connectivity index (χ0n) is 28.8. The molecule has 2 atom stereocenters. The van der Waals surface area contributed by atoms with Crippen molar-refractivity contribution in [3.63, 3.8) is 0 Å². The third-order valence-electron chi connectivity index (χ3n) is 8.21. The van der Waals surface area contributed by atoms with Gasteiger partial charge in [-0.05, 0) is 95.1 Å². The Morgan fingerprint density at radius 3 is 1.17 bits per heavy atom. The first-order chi connectivity index (χ1) is 25.8. The Morgan fingerprint density at radius 1 is 0.500 bits per heavy atom. The molecule has 7 rings (SSSR count). The summed E-state index contributed by atoms with van der Waals surface area (Å²) in [5, 5.41) is 5.89. The van der Waals surface area contributed by atoms with Gasteiger partial charge in [-0.2, -0.15) is 0 Å². The first-order valence-electron chi connectivity index (χ1n) is 16.5. The van der Waals surface area contributed by atoms with Gasteiger partial charge in [0.05, 0.1) is 22.4 Å². The summed E-state index contributed by atoms with van der Waals surface area (Å²) in [6.07, 6.45) is 0. The number of carbonyl (C=O) groups is 2. The maximum atomic E-state index is 13.4. The average molecular weight is 759 g/mol. The van der Waals surface area contributed by atoms with Gasteiger partial charge >= 0.3 is 15.2 Å². The third-order valence-corrected chi connectivity index (χ3v) is 9.31. The van der Waals surface area contributed by atoms with Crippen LogP contribution >= 0.6 is 15.2 Å². The molecule has 1 aromatic heterocycles. The van der Waals surface area contributed by atoms with Crippen LogP contribution in [-0.4, -0.2) is 44.9 Å². The number of hydrogen-bond acceptors (Lipinski definition) is 8. The average Bonchev–Trinajstić information content (AvgIpc) is 3.14. The number of hydrogen-bond donors (Lipinski definition) is 4. The molecule has 14 heteroatoms. The highest BCUT2D eigenvalue weighted by atomic mass is 31.2.